The molecule has 6 heteroatoms. The zero-order chi connectivity index (χ0) is 20.6. The van der Waals surface area contributed by atoms with E-state index in [4.69, 9.17) is 4.74 Å². The van der Waals surface area contributed by atoms with Gasteiger partial charge in [-0.3, -0.25) is 14.5 Å². The summed E-state index contributed by atoms with van der Waals surface area (Å²) >= 11 is 0. The van der Waals surface area contributed by atoms with Gasteiger partial charge >= 0.3 is 5.97 Å². The number of nitrogens with one attached hydrogen (secondary N) is 1. The second-order valence-corrected chi connectivity index (χ2v) is 8.03. The van der Waals surface area contributed by atoms with Gasteiger partial charge in [0.15, 0.2) is 6.61 Å². The predicted molar refractivity (Wildman–Crippen MR) is 110 cm³/mol. The van der Waals surface area contributed by atoms with Crippen LogP contribution in [0.15, 0.2) is 42.5 Å². The second-order valence-electron chi connectivity index (χ2n) is 8.03. The first-order valence-corrected chi connectivity index (χ1v) is 9.90. The first-order chi connectivity index (χ1) is 13.9. The van der Waals surface area contributed by atoms with Crippen molar-refractivity contribution >= 4 is 29.2 Å². The molecule has 0 fully saturated rings. The van der Waals surface area contributed by atoms with Crippen LogP contribution in [0.2, 0.25) is 0 Å². The summed E-state index contributed by atoms with van der Waals surface area (Å²) in [5.41, 5.74) is 2.97. The van der Waals surface area contributed by atoms with E-state index in [0.29, 0.717) is 16.9 Å². The molecule has 6 nitrogen and oxygen atoms in total. The summed E-state index contributed by atoms with van der Waals surface area (Å²) in [5.74, 6) is -1.26. The van der Waals surface area contributed by atoms with Crippen LogP contribution in [0.5, 0.6) is 0 Å². The number of aryl methyl sites for hydroxylation is 2. The molecule has 0 radical (unpaired) electrons. The van der Waals surface area contributed by atoms with Crippen molar-refractivity contribution in [3.8, 4) is 0 Å². The van der Waals surface area contributed by atoms with Gasteiger partial charge in [0.25, 0.3) is 5.91 Å². The predicted octanol–water partition coefficient (Wildman–Crippen LogP) is 3.49. The second kappa shape index (κ2) is 7.35. The van der Waals surface area contributed by atoms with E-state index in [1.165, 1.54) is 22.4 Å². The minimum atomic E-state index is -1.09. The van der Waals surface area contributed by atoms with Crippen molar-refractivity contribution < 1.29 is 19.1 Å². The molecule has 1 heterocycles. The van der Waals surface area contributed by atoms with Gasteiger partial charge in [-0.15, -0.1) is 0 Å². The first-order valence-electron chi connectivity index (χ1n) is 9.90. The van der Waals surface area contributed by atoms with Crippen LogP contribution >= 0.6 is 0 Å². The molecule has 2 aliphatic rings. The summed E-state index contributed by atoms with van der Waals surface area (Å²) in [4.78, 5) is 39.4. The zero-order valence-corrected chi connectivity index (χ0v) is 16.7. The number of amides is 2. The van der Waals surface area contributed by atoms with Crippen LogP contribution in [-0.4, -0.2) is 29.9 Å². The Bertz CT molecular complexity index is 996. The number of anilines is 2. The Labute approximate surface area is 169 Å². The molecule has 0 aromatic heterocycles. The lowest BCUT2D eigenvalue weighted by Crippen LogP contribution is -2.59. The Morgan fingerprint density at radius 2 is 1.79 bits per heavy atom. The number of hydrogen-bond donors (Lipinski definition) is 1. The van der Waals surface area contributed by atoms with E-state index >= 15 is 0 Å². The maximum atomic E-state index is 13.0. The van der Waals surface area contributed by atoms with E-state index in [2.05, 4.69) is 5.32 Å². The SMILES string of the molecule is CC1(C)C(=O)Nc2ccccc2N1C(=O)COC(=O)c1ccc2c(c1)CCCC2. The van der Waals surface area contributed by atoms with Crippen molar-refractivity contribution in [3.05, 3.63) is 59.2 Å². The Morgan fingerprint density at radius 1 is 1.07 bits per heavy atom. The molecule has 2 aromatic carbocycles. The number of rotatable bonds is 3. The highest BCUT2D eigenvalue weighted by Crippen LogP contribution is 2.36. The molecule has 1 aliphatic carbocycles. The van der Waals surface area contributed by atoms with Crippen molar-refractivity contribution in [2.45, 2.75) is 45.1 Å². The van der Waals surface area contributed by atoms with Crippen molar-refractivity contribution in [3.63, 3.8) is 0 Å². The van der Waals surface area contributed by atoms with Crippen LogP contribution in [-0.2, 0) is 27.2 Å². The smallest absolute Gasteiger partial charge is 0.338 e. The molecule has 0 spiro atoms. The van der Waals surface area contributed by atoms with Gasteiger partial charge in [0.2, 0.25) is 5.91 Å². The first kappa shape index (κ1) is 19.2. The van der Waals surface area contributed by atoms with Crippen LogP contribution in [0, 0.1) is 0 Å². The largest absolute Gasteiger partial charge is 0.452 e. The molecule has 0 saturated heterocycles. The number of ether oxygens (including phenoxy) is 1. The van der Waals surface area contributed by atoms with Gasteiger partial charge in [-0.25, -0.2) is 4.79 Å². The molecule has 0 unspecified atom stereocenters. The number of hydrogen-bond acceptors (Lipinski definition) is 4. The van der Waals surface area contributed by atoms with Gasteiger partial charge in [0, 0.05) is 0 Å². The minimum absolute atomic E-state index is 0.287. The highest BCUT2D eigenvalue weighted by Gasteiger charge is 2.43. The standard InChI is InChI=1S/C23H24N2O4/c1-23(2)22(28)24-18-9-5-6-10-19(18)25(23)20(26)14-29-21(27)17-12-11-15-7-3-4-8-16(15)13-17/h5-6,9-13H,3-4,7-8,14H2,1-2H3,(H,24,28). The van der Waals surface area contributed by atoms with Crippen molar-refractivity contribution in [2.24, 2.45) is 0 Å². The number of carbonyl (C=O) groups excluding carboxylic acids is 3. The minimum Gasteiger partial charge on any atom is -0.452 e. The van der Waals surface area contributed by atoms with E-state index in [-0.39, 0.29) is 5.91 Å². The normalized spacial score (nSPS) is 17.0. The molecule has 0 atom stereocenters. The lowest BCUT2D eigenvalue weighted by molar-refractivity contribution is -0.128. The number of esters is 1. The lowest BCUT2D eigenvalue weighted by atomic mass is 9.90. The fourth-order valence-electron chi connectivity index (χ4n) is 4.03. The fraction of sp³-hybridized carbons (Fsp3) is 0.348. The van der Waals surface area contributed by atoms with E-state index in [0.717, 1.165) is 19.3 Å². The Morgan fingerprint density at radius 3 is 2.59 bits per heavy atom. The van der Waals surface area contributed by atoms with Crippen LogP contribution in [0.25, 0.3) is 0 Å². The topological polar surface area (TPSA) is 75.7 Å². The number of nitrogens with zero attached hydrogens (tertiary/aromatic N) is 1. The molecular formula is C23H24N2O4. The van der Waals surface area contributed by atoms with Gasteiger partial charge in [0.1, 0.15) is 5.54 Å². The lowest BCUT2D eigenvalue weighted by Gasteiger charge is -2.41. The van der Waals surface area contributed by atoms with Gasteiger partial charge in [0.05, 0.1) is 16.9 Å². The number of para-hydroxylation sites is 2. The monoisotopic (exact) mass is 392 g/mol. The van der Waals surface area contributed by atoms with E-state index < -0.39 is 24.0 Å². The molecule has 0 saturated carbocycles. The van der Waals surface area contributed by atoms with Gasteiger partial charge in [-0.05, 0) is 74.9 Å². The third-order valence-electron chi connectivity index (χ3n) is 5.67. The average molecular weight is 392 g/mol. The van der Waals surface area contributed by atoms with Gasteiger partial charge in [-0.1, -0.05) is 18.2 Å². The quantitative estimate of drug-likeness (QED) is 0.812. The summed E-state index contributed by atoms with van der Waals surface area (Å²) in [5, 5.41) is 2.81. The van der Waals surface area contributed by atoms with Crippen LogP contribution < -0.4 is 10.2 Å². The van der Waals surface area contributed by atoms with Crippen LogP contribution in [0.4, 0.5) is 11.4 Å². The highest BCUT2D eigenvalue weighted by molar-refractivity contribution is 6.14. The summed E-state index contributed by atoms with van der Waals surface area (Å²) in [6.07, 6.45) is 4.29. The Balaban J connectivity index is 1.50. The zero-order valence-electron chi connectivity index (χ0n) is 16.7. The Kier molecular flexibility index (Phi) is 4.86. The molecule has 150 valence electrons. The summed E-state index contributed by atoms with van der Waals surface area (Å²) in [6, 6.07) is 12.7. The number of benzene rings is 2. The molecule has 1 N–H and O–H groups in total. The van der Waals surface area contributed by atoms with Crippen LogP contribution in [0.1, 0.15) is 48.2 Å². The number of fused-ring (bicyclic) bond motifs is 2. The molecule has 1 aliphatic heterocycles. The molecule has 2 aromatic rings. The molecule has 4 rings (SSSR count). The average Bonchev–Trinajstić information content (AvgIpc) is 2.72. The van der Waals surface area contributed by atoms with Crippen molar-refractivity contribution in [1.29, 1.82) is 0 Å². The van der Waals surface area contributed by atoms with Gasteiger partial charge in [-0.2, -0.15) is 0 Å². The maximum Gasteiger partial charge on any atom is 0.338 e. The molecule has 0 bridgehead atoms. The molecule has 29 heavy (non-hydrogen) atoms. The van der Waals surface area contributed by atoms with Crippen molar-refractivity contribution in [1.82, 2.24) is 0 Å². The molecule has 2 amide bonds. The Hall–Kier alpha value is -3.15. The fourth-order valence-corrected chi connectivity index (χ4v) is 4.03. The van der Waals surface area contributed by atoms with E-state index in [9.17, 15) is 14.4 Å². The summed E-state index contributed by atoms with van der Waals surface area (Å²) in [6.45, 7) is 2.91. The highest BCUT2D eigenvalue weighted by atomic mass is 16.5. The van der Waals surface area contributed by atoms with E-state index in [1.54, 1.807) is 44.2 Å². The van der Waals surface area contributed by atoms with E-state index in [1.807, 2.05) is 12.1 Å². The van der Waals surface area contributed by atoms with Crippen molar-refractivity contribution in [2.75, 3.05) is 16.8 Å². The third-order valence-corrected chi connectivity index (χ3v) is 5.67. The number of carbonyl (C=O) groups is 3. The summed E-state index contributed by atoms with van der Waals surface area (Å²) < 4.78 is 5.32. The van der Waals surface area contributed by atoms with Crippen LogP contribution in [0.3, 0.4) is 0 Å². The third kappa shape index (κ3) is 3.50. The maximum absolute atomic E-state index is 13.0. The summed E-state index contributed by atoms with van der Waals surface area (Å²) in [7, 11) is 0. The van der Waals surface area contributed by atoms with Gasteiger partial charge < -0.3 is 10.1 Å². The molecular weight excluding hydrogens is 368 g/mol.